The Hall–Kier alpha value is -3.23. The SMILES string of the molecule is O=C(NC[C@H](Cc1cccc(F)c1)N1CCNC1=O)c1ccc(=O)[nH]n1. The maximum Gasteiger partial charge on any atom is 0.317 e. The summed E-state index contributed by atoms with van der Waals surface area (Å²) in [4.78, 5) is 36.8. The van der Waals surface area contributed by atoms with Gasteiger partial charge >= 0.3 is 6.03 Å². The fourth-order valence-electron chi connectivity index (χ4n) is 2.84. The first-order valence-electron chi connectivity index (χ1n) is 8.16. The topological polar surface area (TPSA) is 107 Å². The largest absolute Gasteiger partial charge is 0.349 e. The molecule has 3 N–H and O–H groups in total. The second-order valence-corrected chi connectivity index (χ2v) is 5.93. The third-order valence-corrected chi connectivity index (χ3v) is 4.10. The molecule has 1 aliphatic rings. The van der Waals surface area contributed by atoms with Crippen molar-refractivity contribution in [3.63, 3.8) is 0 Å². The van der Waals surface area contributed by atoms with Crippen molar-refractivity contribution in [2.75, 3.05) is 19.6 Å². The van der Waals surface area contributed by atoms with Crippen molar-refractivity contribution in [3.8, 4) is 0 Å². The van der Waals surface area contributed by atoms with Crippen LogP contribution >= 0.6 is 0 Å². The molecule has 1 atom stereocenters. The lowest BCUT2D eigenvalue weighted by Crippen LogP contribution is -2.46. The molecule has 1 fully saturated rings. The van der Waals surface area contributed by atoms with Gasteiger partial charge in [0, 0.05) is 25.7 Å². The molecule has 1 saturated heterocycles. The van der Waals surface area contributed by atoms with E-state index in [9.17, 15) is 18.8 Å². The number of nitrogens with zero attached hydrogens (tertiary/aromatic N) is 2. The number of carbonyl (C=O) groups is 2. The fraction of sp³-hybridized carbons (Fsp3) is 0.294. The Bertz CT molecular complexity index is 849. The first-order chi connectivity index (χ1) is 12.5. The Morgan fingerprint density at radius 3 is 2.81 bits per heavy atom. The molecular weight excluding hydrogens is 341 g/mol. The number of nitrogens with one attached hydrogen (secondary N) is 3. The number of benzene rings is 1. The quantitative estimate of drug-likeness (QED) is 0.688. The molecule has 0 spiro atoms. The van der Waals surface area contributed by atoms with Gasteiger partial charge < -0.3 is 15.5 Å². The lowest BCUT2D eigenvalue weighted by molar-refractivity contribution is 0.0934. The van der Waals surface area contributed by atoms with Crippen LogP contribution < -0.4 is 16.2 Å². The molecule has 0 saturated carbocycles. The Kier molecular flexibility index (Phi) is 5.26. The average Bonchev–Trinajstić information content (AvgIpc) is 3.05. The number of hydrogen-bond acceptors (Lipinski definition) is 4. The monoisotopic (exact) mass is 359 g/mol. The van der Waals surface area contributed by atoms with E-state index in [-0.39, 0.29) is 30.1 Å². The van der Waals surface area contributed by atoms with E-state index in [4.69, 9.17) is 0 Å². The minimum atomic E-state index is -0.468. The van der Waals surface area contributed by atoms with E-state index in [0.29, 0.717) is 19.5 Å². The number of amides is 3. The normalized spacial score (nSPS) is 14.8. The molecule has 2 heterocycles. The number of urea groups is 1. The highest BCUT2D eigenvalue weighted by atomic mass is 19.1. The summed E-state index contributed by atoms with van der Waals surface area (Å²) in [5, 5.41) is 11.3. The predicted molar refractivity (Wildman–Crippen MR) is 91.2 cm³/mol. The van der Waals surface area contributed by atoms with Gasteiger partial charge in [0.15, 0.2) is 0 Å². The maximum absolute atomic E-state index is 13.4. The molecule has 1 aromatic heterocycles. The number of rotatable bonds is 6. The van der Waals surface area contributed by atoms with Gasteiger partial charge in [-0.2, -0.15) is 5.10 Å². The van der Waals surface area contributed by atoms with Crippen LogP contribution in [0.15, 0.2) is 41.2 Å². The average molecular weight is 359 g/mol. The van der Waals surface area contributed by atoms with Crippen LogP contribution in [0.5, 0.6) is 0 Å². The van der Waals surface area contributed by atoms with Crippen molar-refractivity contribution in [1.82, 2.24) is 25.7 Å². The number of aromatic nitrogens is 2. The summed E-state index contributed by atoms with van der Waals surface area (Å²) in [5.74, 6) is -0.821. The molecule has 0 unspecified atom stereocenters. The zero-order valence-corrected chi connectivity index (χ0v) is 13.9. The molecule has 0 bridgehead atoms. The summed E-state index contributed by atoms with van der Waals surface area (Å²) >= 11 is 0. The lowest BCUT2D eigenvalue weighted by atomic mass is 10.0. The number of carbonyl (C=O) groups excluding carboxylic acids is 2. The van der Waals surface area contributed by atoms with E-state index in [0.717, 1.165) is 5.56 Å². The minimum Gasteiger partial charge on any atom is -0.349 e. The molecule has 1 aliphatic heterocycles. The van der Waals surface area contributed by atoms with Crippen LogP contribution in [0, 0.1) is 5.82 Å². The van der Waals surface area contributed by atoms with Crippen molar-refractivity contribution in [1.29, 1.82) is 0 Å². The molecule has 136 valence electrons. The third-order valence-electron chi connectivity index (χ3n) is 4.10. The fourth-order valence-corrected chi connectivity index (χ4v) is 2.84. The number of halogens is 1. The van der Waals surface area contributed by atoms with Crippen molar-refractivity contribution in [2.45, 2.75) is 12.5 Å². The highest BCUT2D eigenvalue weighted by Gasteiger charge is 2.28. The lowest BCUT2D eigenvalue weighted by Gasteiger charge is -2.27. The Morgan fingerprint density at radius 1 is 1.31 bits per heavy atom. The number of hydrogen-bond donors (Lipinski definition) is 3. The van der Waals surface area contributed by atoms with Gasteiger partial charge in [-0.3, -0.25) is 9.59 Å². The minimum absolute atomic E-state index is 0.0694. The van der Waals surface area contributed by atoms with Crippen LogP contribution in [-0.2, 0) is 6.42 Å². The van der Waals surface area contributed by atoms with Gasteiger partial charge in [-0.25, -0.2) is 14.3 Å². The summed E-state index contributed by atoms with van der Waals surface area (Å²) in [6.07, 6.45) is 0.393. The first-order valence-corrected chi connectivity index (χ1v) is 8.16. The van der Waals surface area contributed by atoms with Crippen molar-refractivity contribution in [2.24, 2.45) is 0 Å². The van der Waals surface area contributed by atoms with E-state index in [2.05, 4.69) is 20.8 Å². The van der Waals surface area contributed by atoms with Gasteiger partial charge in [0.25, 0.3) is 11.5 Å². The standard InChI is InChI=1S/C17H18FN5O3/c18-12-3-1-2-11(8-12)9-13(23-7-6-19-17(23)26)10-20-16(25)14-4-5-15(24)22-21-14/h1-5,8,13H,6-7,9-10H2,(H,19,26)(H,20,25)(H,22,24)/t13-/m0/s1. The van der Waals surface area contributed by atoms with E-state index in [1.165, 1.54) is 24.3 Å². The van der Waals surface area contributed by atoms with Gasteiger partial charge in [-0.05, 0) is 30.2 Å². The van der Waals surface area contributed by atoms with Gasteiger partial charge in [0.05, 0.1) is 6.04 Å². The van der Waals surface area contributed by atoms with Gasteiger partial charge in [0.1, 0.15) is 11.5 Å². The smallest absolute Gasteiger partial charge is 0.317 e. The molecule has 26 heavy (non-hydrogen) atoms. The van der Waals surface area contributed by atoms with Crippen LogP contribution in [0.1, 0.15) is 16.1 Å². The predicted octanol–water partition coefficient (Wildman–Crippen LogP) is 0.275. The van der Waals surface area contributed by atoms with Crippen LogP contribution in [-0.4, -0.2) is 52.7 Å². The molecule has 1 aromatic carbocycles. The van der Waals surface area contributed by atoms with Gasteiger partial charge in [0.2, 0.25) is 0 Å². The maximum atomic E-state index is 13.4. The number of aromatic amines is 1. The Balaban J connectivity index is 1.70. The van der Waals surface area contributed by atoms with E-state index >= 15 is 0 Å². The number of H-pyrrole nitrogens is 1. The molecule has 0 aliphatic carbocycles. The highest BCUT2D eigenvalue weighted by molar-refractivity contribution is 5.92. The molecule has 0 radical (unpaired) electrons. The third kappa shape index (κ3) is 4.24. The van der Waals surface area contributed by atoms with Crippen molar-refractivity contribution < 1.29 is 14.0 Å². The van der Waals surface area contributed by atoms with Crippen LogP contribution in [0.2, 0.25) is 0 Å². The summed E-state index contributed by atoms with van der Waals surface area (Å²) in [6.45, 7) is 1.20. The van der Waals surface area contributed by atoms with E-state index < -0.39 is 11.5 Å². The van der Waals surface area contributed by atoms with Gasteiger partial charge in [-0.1, -0.05) is 12.1 Å². The molecule has 2 aromatic rings. The Labute approximate surface area is 148 Å². The van der Waals surface area contributed by atoms with Crippen molar-refractivity contribution >= 4 is 11.9 Å². The van der Waals surface area contributed by atoms with Crippen molar-refractivity contribution in [3.05, 3.63) is 63.8 Å². The zero-order valence-electron chi connectivity index (χ0n) is 13.9. The zero-order chi connectivity index (χ0) is 18.5. The molecule has 8 nitrogen and oxygen atoms in total. The first kappa shape index (κ1) is 17.6. The van der Waals surface area contributed by atoms with E-state index in [1.54, 1.807) is 17.0 Å². The highest BCUT2D eigenvalue weighted by Crippen LogP contribution is 2.13. The summed E-state index contributed by atoms with van der Waals surface area (Å²) in [6, 6.07) is 8.10. The molecule has 3 amide bonds. The molecule has 3 rings (SSSR count). The van der Waals surface area contributed by atoms with E-state index in [1.807, 2.05) is 0 Å². The second kappa shape index (κ2) is 7.77. The summed E-state index contributed by atoms with van der Waals surface area (Å²) < 4.78 is 13.4. The Morgan fingerprint density at radius 2 is 2.15 bits per heavy atom. The van der Waals surface area contributed by atoms with Crippen LogP contribution in [0.3, 0.4) is 0 Å². The molecule has 9 heteroatoms. The van der Waals surface area contributed by atoms with Crippen LogP contribution in [0.4, 0.5) is 9.18 Å². The summed E-state index contributed by atoms with van der Waals surface area (Å²) in [5.41, 5.74) is 0.394. The van der Waals surface area contributed by atoms with Crippen LogP contribution in [0.25, 0.3) is 0 Å². The van der Waals surface area contributed by atoms with Gasteiger partial charge in [-0.15, -0.1) is 0 Å². The second-order valence-electron chi connectivity index (χ2n) is 5.93. The summed E-state index contributed by atoms with van der Waals surface area (Å²) in [7, 11) is 0. The molecular formula is C17H18FN5O3.